The Morgan fingerprint density at radius 2 is 1.60 bits per heavy atom. The van der Waals surface area contributed by atoms with Gasteiger partial charge in [-0.3, -0.25) is 24.1 Å². The van der Waals surface area contributed by atoms with Crippen LogP contribution >= 0.6 is 0 Å². The molecule has 0 spiro atoms. The van der Waals surface area contributed by atoms with Gasteiger partial charge < -0.3 is 15.4 Å². The van der Waals surface area contributed by atoms with Crippen LogP contribution in [-0.4, -0.2) is 54.8 Å². The average molecular weight is 409 g/mol. The van der Waals surface area contributed by atoms with Gasteiger partial charge in [-0.05, 0) is 37.6 Å². The Bertz CT molecular complexity index is 938. The van der Waals surface area contributed by atoms with E-state index >= 15 is 0 Å². The average Bonchev–Trinajstić information content (AvgIpc) is 2.99. The van der Waals surface area contributed by atoms with Gasteiger partial charge in [0.25, 0.3) is 17.7 Å². The molecule has 156 valence electrons. The summed E-state index contributed by atoms with van der Waals surface area (Å²) in [5.41, 5.74) is 1.16. The van der Waals surface area contributed by atoms with Gasteiger partial charge in [-0.25, -0.2) is 0 Å². The lowest BCUT2D eigenvalue weighted by atomic mass is 10.1. The van der Waals surface area contributed by atoms with E-state index < -0.39 is 24.3 Å². The Hall–Kier alpha value is -3.52. The lowest BCUT2D eigenvalue weighted by molar-refractivity contribution is -0.116. The first-order valence-corrected chi connectivity index (χ1v) is 9.73. The first-order chi connectivity index (χ1) is 14.5. The number of hydrogen-bond donors (Lipinski definition) is 2. The number of benzene rings is 2. The molecule has 1 aliphatic rings. The topological polar surface area (TPSA) is 105 Å². The van der Waals surface area contributed by atoms with E-state index in [0.717, 1.165) is 4.90 Å². The molecule has 0 radical (unpaired) electrons. The summed E-state index contributed by atoms with van der Waals surface area (Å²) >= 11 is 0. The Morgan fingerprint density at radius 3 is 2.27 bits per heavy atom. The van der Waals surface area contributed by atoms with E-state index in [2.05, 4.69) is 10.6 Å². The van der Waals surface area contributed by atoms with E-state index in [4.69, 9.17) is 4.74 Å². The highest BCUT2D eigenvalue weighted by molar-refractivity contribution is 6.22. The summed E-state index contributed by atoms with van der Waals surface area (Å²) in [6.45, 7) is 3.08. The van der Waals surface area contributed by atoms with E-state index in [0.29, 0.717) is 37.4 Å². The molecule has 30 heavy (non-hydrogen) atoms. The number of fused-ring (bicyclic) bond motifs is 1. The Labute approximate surface area is 174 Å². The van der Waals surface area contributed by atoms with Crippen molar-refractivity contribution in [3.63, 3.8) is 0 Å². The Balaban J connectivity index is 1.62. The number of para-hydroxylation sites is 1. The molecule has 2 N–H and O–H groups in total. The molecular weight excluding hydrogens is 386 g/mol. The summed E-state index contributed by atoms with van der Waals surface area (Å²) in [6.07, 6.45) is 0.674. The van der Waals surface area contributed by atoms with Crippen molar-refractivity contribution in [1.82, 2.24) is 10.2 Å². The molecule has 0 saturated heterocycles. The molecule has 4 amide bonds. The van der Waals surface area contributed by atoms with Crippen molar-refractivity contribution >= 4 is 29.3 Å². The fourth-order valence-electron chi connectivity index (χ4n) is 3.12. The number of hydrogen-bond acceptors (Lipinski definition) is 5. The van der Waals surface area contributed by atoms with E-state index in [1.54, 1.807) is 48.5 Å². The highest BCUT2D eigenvalue weighted by Gasteiger charge is 2.36. The van der Waals surface area contributed by atoms with Gasteiger partial charge in [-0.1, -0.05) is 24.3 Å². The molecule has 0 bridgehead atoms. The fourth-order valence-corrected chi connectivity index (χ4v) is 3.12. The molecule has 2 aromatic carbocycles. The second-order valence-electron chi connectivity index (χ2n) is 6.64. The summed E-state index contributed by atoms with van der Waals surface area (Å²) < 4.78 is 5.23. The normalized spacial score (nSPS) is 12.6. The third-order valence-corrected chi connectivity index (χ3v) is 4.58. The smallest absolute Gasteiger partial charge is 0.262 e. The van der Waals surface area contributed by atoms with E-state index in [-0.39, 0.29) is 17.0 Å². The monoisotopic (exact) mass is 409 g/mol. The highest BCUT2D eigenvalue weighted by Crippen LogP contribution is 2.22. The maximum absolute atomic E-state index is 12.5. The maximum atomic E-state index is 12.5. The maximum Gasteiger partial charge on any atom is 0.262 e. The van der Waals surface area contributed by atoms with Crippen LogP contribution in [0.5, 0.6) is 0 Å². The van der Waals surface area contributed by atoms with Crippen LogP contribution in [0.15, 0.2) is 48.5 Å². The molecule has 0 fully saturated rings. The van der Waals surface area contributed by atoms with Gasteiger partial charge in [0.2, 0.25) is 5.91 Å². The number of nitrogens with zero attached hydrogens (tertiary/aromatic N) is 1. The molecule has 2 aromatic rings. The van der Waals surface area contributed by atoms with Crippen molar-refractivity contribution in [2.75, 3.05) is 31.6 Å². The van der Waals surface area contributed by atoms with Crippen LogP contribution in [0.4, 0.5) is 5.69 Å². The number of anilines is 1. The third-order valence-electron chi connectivity index (χ3n) is 4.58. The number of carbonyl (C=O) groups excluding carboxylic acids is 4. The standard InChI is InChI=1S/C22H23N3O5/c1-2-30-13-7-12-23-20(27)17-10-5-6-11-18(17)24-19(26)14-25-21(28)15-8-3-4-9-16(15)22(25)29/h3-6,8-11H,2,7,12-14H2,1H3,(H,23,27)(H,24,26). The van der Waals surface area contributed by atoms with Crippen LogP contribution in [0.1, 0.15) is 44.4 Å². The molecule has 8 nitrogen and oxygen atoms in total. The Morgan fingerprint density at radius 1 is 0.967 bits per heavy atom. The second-order valence-corrected chi connectivity index (χ2v) is 6.64. The molecule has 0 atom stereocenters. The second kappa shape index (κ2) is 9.80. The first kappa shape index (κ1) is 21.2. The highest BCUT2D eigenvalue weighted by atomic mass is 16.5. The quantitative estimate of drug-likeness (QED) is 0.487. The Kier molecular flexibility index (Phi) is 6.92. The van der Waals surface area contributed by atoms with Crippen molar-refractivity contribution in [2.45, 2.75) is 13.3 Å². The van der Waals surface area contributed by atoms with Gasteiger partial charge in [-0.15, -0.1) is 0 Å². The third kappa shape index (κ3) is 4.72. The summed E-state index contributed by atoms with van der Waals surface area (Å²) in [4.78, 5) is 50.7. The summed E-state index contributed by atoms with van der Waals surface area (Å²) in [5.74, 6) is -1.92. The summed E-state index contributed by atoms with van der Waals surface area (Å²) in [5, 5.41) is 5.41. The number of nitrogens with one attached hydrogen (secondary N) is 2. The molecular formula is C22H23N3O5. The van der Waals surface area contributed by atoms with Crippen molar-refractivity contribution < 1.29 is 23.9 Å². The zero-order chi connectivity index (χ0) is 21.5. The van der Waals surface area contributed by atoms with Crippen LogP contribution in [0.2, 0.25) is 0 Å². The zero-order valence-corrected chi connectivity index (χ0v) is 16.6. The van der Waals surface area contributed by atoms with Crippen LogP contribution in [0.3, 0.4) is 0 Å². The van der Waals surface area contributed by atoms with Crippen LogP contribution in [0, 0.1) is 0 Å². The van der Waals surface area contributed by atoms with E-state index in [1.807, 2.05) is 6.92 Å². The van der Waals surface area contributed by atoms with Crippen LogP contribution < -0.4 is 10.6 Å². The van der Waals surface area contributed by atoms with Gasteiger partial charge in [0.15, 0.2) is 0 Å². The lowest BCUT2D eigenvalue weighted by Crippen LogP contribution is -2.37. The predicted octanol–water partition coefficient (Wildman–Crippen LogP) is 2.08. The van der Waals surface area contributed by atoms with Gasteiger partial charge in [0, 0.05) is 19.8 Å². The van der Waals surface area contributed by atoms with Crippen molar-refractivity contribution in [1.29, 1.82) is 0 Å². The molecule has 1 aliphatic heterocycles. The molecule has 0 saturated carbocycles. The van der Waals surface area contributed by atoms with Gasteiger partial charge >= 0.3 is 0 Å². The van der Waals surface area contributed by atoms with Gasteiger partial charge in [0.1, 0.15) is 6.54 Å². The molecule has 0 aliphatic carbocycles. The molecule has 0 unspecified atom stereocenters. The van der Waals surface area contributed by atoms with E-state index in [1.165, 1.54) is 0 Å². The number of carbonyl (C=O) groups is 4. The minimum atomic E-state index is -0.568. The lowest BCUT2D eigenvalue weighted by Gasteiger charge is -2.15. The van der Waals surface area contributed by atoms with Crippen molar-refractivity contribution in [3.8, 4) is 0 Å². The largest absolute Gasteiger partial charge is 0.382 e. The van der Waals surface area contributed by atoms with E-state index in [9.17, 15) is 19.2 Å². The fraction of sp³-hybridized carbons (Fsp3) is 0.273. The molecule has 8 heteroatoms. The summed E-state index contributed by atoms with van der Waals surface area (Å²) in [7, 11) is 0. The summed E-state index contributed by atoms with van der Waals surface area (Å²) in [6, 6.07) is 13.0. The number of amides is 4. The van der Waals surface area contributed by atoms with Gasteiger partial charge in [-0.2, -0.15) is 0 Å². The molecule has 0 aromatic heterocycles. The predicted molar refractivity (Wildman–Crippen MR) is 110 cm³/mol. The van der Waals surface area contributed by atoms with Crippen molar-refractivity contribution in [2.24, 2.45) is 0 Å². The molecule has 3 rings (SSSR count). The zero-order valence-electron chi connectivity index (χ0n) is 16.6. The number of rotatable bonds is 9. The minimum absolute atomic E-state index is 0.280. The minimum Gasteiger partial charge on any atom is -0.382 e. The van der Waals surface area contributed by atoms with Crippen LogP contribution in [0.25, 0.3) is 0 Å². The van der Waals surface area contributed by atoms with Crippen molar-refractivity contribution in [3.05, 3.63) is 65.2 Å². The first-order valence-electron chi connectivity index (χ1n) is 9.73. The number of ether oxygens (including phenoxy) is 1. The van der Waals surface area contributed by atoms with Crippen LogP contribution in [-0.2, 0) is 9.53 Å². The SMILES string of the molecule is CCOCCCNC(=O)c1ccccc1NC(=O)CN1C(=O)c2ccccc2C1=O. The number of imide groups is 1. The molecule has 1 heterocycles. The van der Waals surface area contributed by atoms with Gasteiger partial charge in [0.05, 0.1) is 22.4 Å².